The molecule has 1 unspecified atom stereocenters. The summed E-state index contributed by atoms with van der Waals surface area (Å²) in [5, 5.41) is -0.161. The highest BCUT2D eigenvalue weighted by Crippen LogP contribution is 2.26. The van der Waals surface area contributed by atoms with E-state index in [4.69, 9.17) is 24.6 Å². The van der Waals surface area contributed by atoms with Gasteiger partial charge >= 0.3 is 8.56 Å². The molecule has 0 aromatic carbocycles. The van der Waals surface area contributed by atoms with Gasteiger partial charge in [-0.05, 0) is 45.8 Å². The van der Waals surface area contributed by atoms with Gasteiger partial charge in [0.25, 0.3) is 0 Å². The topological polar surface area (TPSA) is 27.7 Å². The maximum Gasteiger partial charge on any atom is 0.335 e. The van der Waals surface area contributed by atoms with E-state index in [-0.39, 0.29) is 5.00 Å². The zero-order valence-corrected chi connectivity index (χ0v) is 16.1. The van der Waals surface area contributed by atoms with Gasteiger partial charge in [0.1, 0.15) is 0 Å². The molecule has 0 aromatic rings. The van der Waals surface area contributed by atoms with Crippen molar-refractivity contribution in [3.8, 4) is 0 Å². The molecule has 7 heteroatoms. The average molecular weight is 315 g/mol. The molecule has 0 rings (SSSR count). The van der Waals surface area contributed by atoms with Crippen LogP contribution in [0.1, 0.15) is 0 Å². The first-order chi connectivity index (χ1) is 7.40. The van der Waals surface area contributed by atoms with Crippen molar-refractivity contribution in [3.63, 3.8) is 0 Å². The van der Waals surface area contributed by atoms with Gasteiger partial charge in [-0.2, -0.15) is 0 Å². The summed E-state index contributed by atoms with van der Waals surface area (Å²) in [4.78, 5) is 0. The Bertz CT molecular complexity index is 222. The molecule has 0 amide bonds. The van der Waals surface area contributed by atoms with Crippen molar-refractivity contribution in [2.24, 2.45) is 0 Å². The van der Waals surface area contributed by atoms with Crippen LogP contribution in [0.4, 0.5) is 0 Å². The largest absolute Gasteiger partial charge is 0.436 e. The van der Waals surface area contributed by atoms with E-state index in [1.54, 1.807) is 7.11 Å². The molecular weight excluding hydrogens is 288 g/mol. The van der Waals surface area contributed by atoms with Crippen LogP contribution < -0.4 is 0 Å². The van der Waals surface area contributed by atoms with E-state index < -0.39 is 25.2 Å². The first kappa shape index (κ1) is 17.8. The standard InChI is InChI=1S/C10H27ClO3Si3/c1-12-9-10(11)17(8,13-15(2,3)4)14-16(5,6)7/h10H,9H2,1-8H3. The van der Waals surface area contributed by atoms with Gasteiger partial charge in [-0.25, -0.2) is 0 Å². The van der Waals surface area contributed by atoms with Crippen LogP contribution in [0.25, 0.3) is 0 Å². The van der Waals surface area contributed by atoms with Crippen molar-refractivity contribution >= 4 is 36.8 Å². The van der Waals surface area contributed by atoms with E-state index in [1.165, 1.54) is 0 Å². The highest BCUT2D eigenvalue weighted by atomic mass is 35.5. The van der Waals surface area contributed by atoms with Crippen LogP contribution >= 0.6 is 11.6 Å². The molecule has 0 bridgehead atoms. The number of rotatable bonds is 7. The van der Waals surface area contributed by atoms with Gasteiger partial charge in [0.15, 0.2) is 16.6 Å². The van der Waals surface area contributed by atoms with Crippen LogP contribution in [-0.2, 0) is 13.0 Å². The second kappa shape index (κ2) is 6.31. The molecule has 0 heterocycles. The summed E-state index contributed by atoms with van der Waals surface area (Å²) in [6.45, 7) is 15.6. The molecule has 17 heavy (non-hydrogen) atoms. The van der Waals surface area contributed by atoms with Crippen molar-refractivity contribution in [3.05, 3.63) is 0 Å². The number of hydrogen-bond donors (Lipinski definition) is 0. The summed E-state index contributed by atoms with van der Waals surface area (Å²) in [5.74, 6) is 0. The highest BCUT2D eigenvalue weighted by molar-refractivity contribution is 6.91. The monoisotopic (exact) mass is 314 g/mol. The van der Waals surface area contributed by atoms with Gasteiger partial charge in [-0.15, -0.1) is 11.6 Å². The summed E-state index contributed by atoms with van der Waals surface area (Å²) >= 11 is 6.43. The fraction of sp³-hybridized carbons (Fsp3) is 1.00. The summed E-state index contributed by atoms with van der Waals surface area (Å²) in [6.07, 6.45) is 0. The predicted molar refractivity (Wildman–Crippen MR) is 82.0 cm³/mol. The van der Waals surface area contributed by atoms with Crippen LogP contribution in [0, 0.1) is 0 Å². The number of ether oxygens (including phenoxy) is 1. The van der Waals surface area contributed by atoms with Crippen LogP contribution in [0.5, 0.6) is 0 Å². The fourth-order valence-electron chi connectivity index (χ4n) is 1.66. The van der Waals surface area contributed by atoms with Crippen LogP contribution in [0.2, 0.25) is 45.8 Å². The Morgan fingerprint density at radius 1 is 0.882 bits per heavy atom. The van der Waals surface area contributed by atoms with E-state index >= 15 is 0 Å². The molecule has 0 spiro atoms. The Kier molecular flexibility index (Phi) is 6.62. The van der Waals surface area contributed by atoms with E-state index in [0.717, 1.165) is 0 Å². The third-order valence-electron chi connectivity index (χ3n) is 1.90. The molecule has 0 aliphatic carbocycles. The van der Waals surface area contributed by atoms with Crippen LogP contribution in [-0.4, -0.2) is 43.9 Å². The van der Waals surface area contributed by atoms with Gasteiger partial charge in [-0.3, -0.25) is 0 Å². The maximum atomic E-state index is 6.43. The van der Waals surface area contributed by atoms with Crippen LogP contribution in [0.3, 0.4) is 0 Å². The first-order valence-corrected chi connectivity index (χ1v) is 15.6. The van der Waals surface area contributed by atoms with Gasteiger partial charge in [0.2, 0.25) is 0 Å². The molecule has 3 nitrogen and oxygen atoms in total. The molecule has 0 aromatic heterocycles. The minimum Gasteiger partial charge on any atom is -0.436 e. The molecule has 0 aliphatic rings. The lowest BCUT2D eigenvalue weighted by atomic mass is 10.8. The lowest BCUT2D eigenvalue weighted by Gasteiger charge is -2.40. The van der Waals surface area contributed by atoms with Crippen LogP contribution in [0.15, 0.2) is 0 Å². The normalized spacial score (nSPS) is 16.1. The van der Waals surface area contributed by atoms with Gasteiger partial charge in [0.05, 0.1) is 11.6 Å². The summed E-state index contributed by atoms with van der Waals surface area (Å²) < 4.78 is 17.7. The highest BCUT2D eigenvalue weighted by Gasteiger charge is 2.46. The first-order valence-electron chi connectivity index (χ1n) is 5.93. The lowest BCUT2D eigenvalue weighted by molar-refractivity contribution is 0.200. The van der Waals surface area contributed by atoms with Crippen molar-refractivity contribution in [1.29, 1.82) is 0 Å². The molecule has 1 atom stereocenters. The van der Waals surface area contributed by atoms with Crippen molar-refractivity contribution < 1.29 is 13.0 Å². The number of alkyl halides is 1. The molecule has 0 saturated carbocycles. The summed E-state index contributed by atoms with van der Waals surface area (Å²) in [6, 6.07) is 0. The molecule has 0 aliphatic heterocycles. The van der Waals surface area contributed by atoms with E-state index in [0.29, 0.717) is 6.61 Å². The molecular formula is C10H27ClO3Si3. The molecule has 104 valence electrons. The molecule has 0 saturated heterocycles. The quantitative estimate of drug-likeness (QED) is 0.531. The van der Waals surface area contributed by atoms with Gasteiger partial charge in [-0.1, -0.05) is 0 Å². The zero-order chi connectivity index (χ0) is 13.9. The molecule has 0 fully saturated rings. The molecule has 0 radical (unpaired) electrons. The Morgan fingerprint density at radius 2 is 1.24 bits per heavy atom. The van der Waals surface area contributed by atoms with Crippen molar-refractivity contribution in [2.75, 3.05) is 13.7 Å². The average Bonchev–Trinajstić information content (AvgIpc) is 1.96. The zero-order valence-electron chi connectivity index (χ0n) is 12.4. The Balaban J connectivity index is 4.93. The minimum atomic E-state index is -2.38. The Morgan fingerprint density at radius 3 is 1.47 bits per heavy atom. The minimum absolute atomic E-state index is 0.161. The lowest BCUT2D eigenvalue weighted by Crippen LogP contribution is -2.59. The molecule has 0 N–H and O–H groups in total. The SMILES string of the molecule is COCC(Cl)[Si](C)(O[Si](C)(C)C)O[Si](C)(C)C. The Hall–Kier alpha value is 0.821. The smallest absolute Gasteiger partial charge is 0.335 e. The van der Waals surface area contributed by atoms with Gasteiger partial charge in [0, 0.05) is 7.11 Å². The Labute approximate surface area is 114 Å². The maximum absolute atomic E-state index is 6.43. The second-order valence-corrected chi connectivity index (χ2v) is 20.1. The van der Waals surface area contributed by atoms with E-state index in [1.807, 2.05) is 0 Å². The third-order valence-corrected chi connectivity index (χ3v) is 12.7. The third kappa shape index (κ3) is 7.76. The predicted octanol–water partition coefficient (Wildman–Crippen LogP) is 3.55. The summed E-state index contributed by atoms with van der Waals surface area (Å²) in [7, 11) is -4.05. The summed E-state index contributed by atoms with van der Waals surface area (Å²) in [5.41, 5.74) is 0. The second-order valence-electron chi connectivity index (χ2n) is 6.37. The van der Waals surface area contributed by atoms with E-state index in [2.05, 4.69) is 45.8 Å². The van der Waals surface area contributed by atoms with Gasteiger partial charge < -0.3 is 13.0 Å². The number of halogens is 1. The van der Waals surface area contributed by atoms with Crippen molar-refractivity contribution in [1.82, 2.24) is 0 Å². The fourth-order valence-corrected chi connectivity index (χ4v) is 14.4. The number of methoxy groups -OCH3 is 1. The van der Waals surface area contributed by atoms with E-state index in [9.17, 15) is 0 Å². The number of hydrogen-bond acceptors (Lipinski definition) is 3. The van der Waals surface area contributed by atoms with Crippen molar-refractivity contribution in [2.45, 2.75) is 50.8 Å².